The second-order valence-electron chi connectivity index (χ2n) is 3.37. The van der Waals surface area contributed by atoms with Gasteiger partial charge in [-0.05, 0) is 37.0 Å². The molecular formula is C13H12O3. The molecule has 0 aliphatic carbocycles. The van der Waals surface area contributed by atoms with E-state index in [0.29, 0.717) is 5.56 Å². The fourth-order valence-electron chi connectivity index (χ4n) is 1.11. The maximum atomic E-state index is 11.5. The quantitative estimate of drug-likeness (QED) is 0.236. The number of esters is 1. The van der Waals surface area contributed by atoms with Gasteiger partial charge < -0.3 is 4.74 Å². The van der Waals surface area contributed by atoms with E-state index in [0.717, 1.165) is 11.1 Å². The standard InChI is InChI=1S/C13H12O3/c1-9-4-5-11(8-10(9)2)12(14)6-7-13(15)16-3/h4-5,8H,1-3H3. The van der Waals surface area contributed by atoms with E-state index in [-0.39, 0.29) is 5.78 Å². The van der Waals surface area contributed by atoms with Gasteiger partial charge in [-0.2, -0.15) is 0 Å². The molecule has 0 unspecified atom stereocenters. The first-order chi connectivity index (χ1) is 7.54. The highest BCUT2D eigenvalue weighted by molar-refractivity contribution is 6.11. The molecule has 0 bridgehead atoms. The Morgan fingerprint density at radius 1 is 1.12 bits per heavy atom. The molecule has 1 aromatic carbocycles. The summed E-state index contributed by atoms with van der Waals surface area (Å²) in [7, 11) is 1.22. The highest BCUT2D eigenvalue weighted by Crippen LogP contribution is 2.09. The lowest BCUT2D eigenvalue weighted by Crippen LogP contribution is -2.00. The fraction of sp³-hybridized carbons (Fsp3) is 0.231. The zero-order chi connectivity index (χ0) is 12.1. The molecule has 0 amide bonds. The maximum absolute atomic E-state index is 11.5. The average molecular weight is 216 g/mol. The van der Waals surface area contributed by atoms with Crippen molar-refractivity contribution in [2.45, 2.75) is 13.8 Å². The third-order valence-electron chi connectivity index (χ3n) is 2.23. The smallest absolute Gasteiger partial charge is 0.384 e. The van der Waals surface area contributed by atoms with Crippen LogP contribution in [-0.2, 0) is 9.53 Å². The van der Waals surface area contributed by atoms with Crippen LogP contribution in [0.3, 0.4) is 0 Å². The van der Waals surface area contributed by atoms with Crippen molar-refractivity contribution in [3.8, 4) is 11.8 Å². The van der Waals surface area contributed by atoms with Crippen molar-refractivity contribution >= 4 is 11.8 Å². The molecule has 1 aromatic rings. The second kappa shape index (κ2) is 5.13. The van der Waals surface area contributed by atoms with Crippen molar-refractivity contribution in [2.75, 3.05) is 7.11 Å². The number of ketones is 1. The molecule has 0 atom stereocenters. The van der Waals surface area contributed by atoms with Gasteiger partial charge in [-0.1, -0.05) is 12.1 Å². The minimum Gasteiger partial charge on any atom is -0.459 e. The van der Waals surface area contributed by atoms with Gasteiger partial charge in [-0.15, -0.1) is 0 Å². The Morgan fingerprint density at radius 2 is 1.81 bits per heavy atom. The lowest BCUT2D eigenvalue weighted by Gasteiger charge is -2.00. The van der Waals surface area contributed by atoms with E-state index in [2.05, 4.69) is 16.6 Å². The fourth-order valence-corrected chi connectivity index (χ4v) is 1.11. The molecule has 3 heteroatoms. The molecule has 1 rings (SSSR count). The van der Waals surface area contributed by atoms with Crippen molar-refractivity contribution in [1.82, 2.24) is 0 Å². The molecule has 0 N–H and O–H groups in total. The summed E-state index contributed by atoms with van der Waals surface area (Å²) in [5, 5.41) is 0. The summed E-state index contributed by atoms with van der Waals surface area (Å²) in [4.78, 5) is 22.3. The Bertz CT molecular complexity index is 490. The Labute approximate surface area is 94.4 Å². The van der Waals surface area contributed by atoms with Gasteiger partial charge in [0, 0.05) is 11.5 Å². The minimum atomic E-state index is -0.711. The van der Waals surface area contributed by atoms with E-state index in [9.17, 15) is 9.59 Å². The number of methoxy groups -OCH3 is 1. The number of carbonyl (C=O) groups is 2. The third-order valence-corrected chi connectivity index (χ3v) is 2.23. The Morgan fingerprint density at radius 3 is 2.38 bits per heavy atom. The number of hydrogen-bond acceptors (Lipinski definition) is 3. The first-order valence-electron chi connectivity index (χ1n) is 4.76. The zero-order valence-corrected chi connectivity index (χ0v) is 9.46. The highest BCUT2D eigenvalue weighted by Gasteiger charge is 2.03. The van der Waals surface area contributed by atoms with Crippen molar-refractivity contribution in [2.24, 2.45) is 0 Å². The summed E-state index contributed by atoms with van der Waals surface area (Å²) >= 11 is 0. The molecule has 0 spiro atoms. The number of aryl methyl sites for hydroxylation is 2. The van der Waals surface area contributed by atoms with Crippen molar-refractivity contribution < 1.29 is 14.3 Å². The van der Waals surface area contributed by atoms with E-state index in [4.69, 9.17) is 0 Å². The van der Waals surface area contributed by atoms with Crippen molar-refractivity contribution in [3.63, 3.8) is 0 Å². The highest BCUT2D eigenvalue weighted by atomic mass is 16.5. The number of benzene rings is 1. The molecule has 0 radical (unpaired) electrons. The Kier molecular flexibility index (Phi) is 3.84. The van der Waals surface area contributed by atoms with E-state index in [1.165, 1.54) is 7.11 Å². The van der Waals surface area contributed by atoms with Gasteiger partial charge in [0.15, 0.2) is 0 Å². The molecule has 0 heterocycles. The molecule has 3 nitrogen and oxygen atoms in total. The SMILES string of the molecule is COC(=O)C#CC(=O)c1ccc(C)c(C)c1. The van der Waals surface area contributed by atoms with E-state index in [1.807, 2.05) is 19.9 Å². The Balaban J connectivity index is 2.92. The van der Waals surface area contributed by atoms with Gasteiger partial charge >= 0.3 is 5.97 Å². The number of Topliss-reactive ketones (excluding diaryl/α,β-unsaturated/α-hetero) is 1. The van der Waals surface area contributed by atoms with E-state index in [1.54, 1.807) is 12.1 Å². The Hall–Kier alpha value is -2.08. The van der Waals surface area contributed by atoms with Crippen LogP contribution < -0.4 is 0 Å². The summed E-state index contributed by atoms with van der Waals surface area (Å²) in [6.07, 6.45) is 0. The monoisotopic (exact) mass is 216 g/mol. The molecular weight excluding hydrogens is 204 g/mol. The number of carbonyl (C=O) groups excluding carboxylic acids is 2. The third kappa shape index (κ3) is 2.96. The van der Waals surface area contributed by atoms with Crippen LogP contribution in [0.1, 0.15) is 21.5 Å². The number of rotatable bonds is 1. The molecule has 0 aromatic heterocycles. The number of hydrogen-bond donors (Lipinski definition) is 0. The van der Waals surface area contributed by atoms with Crippen LogP contribution in [0.4, 0.5) is 0 Å². The first-order valence-corrected chi connectivity index (χ1v) is 4.76. The van der Waals surface area contributed by atoms with Crippen LogP contribution in [-0.4, -0.2) is 18.9 Å². The molecule has 82 valence electrons. The summed E-state index contributed by atoms with van der Waals surface area (Å²) in [6, 6.07) is 5.29. The first kappa shape index (κ1) is 12.0. The number of ether oxygens (including phenoxy) is 1. The summed E-state index contributed by atoms with van der Waals surface area (Å²) in [5.74, 6) is 3.24. The van der Waals surface area contributed by atoms with Crippen LogP contribution in [0.25, 0.3) is 0 Å². The van der Waals surface area contributed by atoms with Gasteiger partial charge in [0.1, 0.15) is 0 Å². The maximum Gasteiger partial charge on any atom is 0.384 e. The van der Waals surface area contributed by atoms with Gasteiger partial charge in [-0.25, -0.2) is 4.79 Å². The largest absolute Gasteiger partial charge is 0.459 e. The van der Waals surface area contributed by atoms with Crippen molar-refractivity contribution in [3.05, 3.63) is 34.9 Å². The molecule has 16 heavy (non-hydrogen) atoms. The second-order valence-corrected chi connectivity index (χ2v) is 3.37. The van der Waals surface area contributed by atoms with Gasteiger partial charge in [0.2, 0.25) is 5.78 Å². The van der Waals surface area contributed by atoms with Crippen LogP contribution in [0.5, 0.6) is 0 Å². The molecule has 0 fully saturated rings. The summed E-state index contributed by atoms with van der Waals surface area (Å²) in [6.45, 7) is 3.88. The molecule has 0 saturated heterocycles. The van der Waals surface area contributed by atoms with Crippen LogP contribution in [0.2, 0.25) is 0 Å². The molecule has 0 aliphatic rings. The lowest BCUT2D eigenvalue weighted by molar-refractivity contribution is -0.133. The van der Waals surface area contributed by atoms with E-state index >= 15 is 0 Å². The summed E-state index contributed by atoms with van der Waals surface area (Å²) < 4.78 is 4.31. The van der Waals surface area contributed by atoms with Gasteiger partial charge in [-0.3, -0.25) is 4.79 Å². The van der Waals surface area contributed by atoms with Crippen LogP contribution in [0.15, 0.2) is 18.2 Å². The van der Waals surface area contributed by atoms with Crippen molar-refractivity contribution in [1.29, 1.82) is 0 Å². The minimum absolute atomic E-state index is 0.381. The van der Waals surface area contributed by atoms with Crippen LogP contribution in [0, 0.1) is 25.7 Å². The normalized spacial score (nSPS) is 8.94. The summed E-state index contributed by atoms with van der Waals surface area (Å²) in [5.41, 5.74) is 2.61. The molecule has 0 saturated carbocycles. The lowest BCUT2D eigenvalue weighted by atomic mass is 10.0. The average Bonchev–Trinajstić information content (AvgIpc) is 2.29. The predicted octanol–water partition coefficient (Wildman–Crippen LogP) is 1.66. The zero-order valence-electron chi connectivity index (χ0n) is 9.46. The van der Waals surface area contributed by atoms with E-state index < -0.39 is 5.97 Å². The van der Waals surface area contributed by atoms with Gasteiger partial charge in [0.25, 0.3) is 0 Å². The van der Waals surface area contributed by atoms with Gasteiger partial charge in [0.05, 0.1) is 7.11 Å². The van der Waals surface area contributed by atoms with Crippen LogP contribution >= 0.6 is 0 Å². The topological polar surface area (TPSA) is 43.4 Å². The predicted molar refractivity (Wildman–Crippen MR) is 60.0 cm³/mol. The molecule has 0 aliphatic heterocycles.